The minimum absolute atomic E-state index is 0.139. The van der Waals surface area contributed by atoms with Crippen LogP contribution in [0.3, 0.4) is 0 Å². The number of hydrogen-bond donors (Lipinski definition) is 2. The van der Waals surface area contributed by atoms with Crippen molar-refractivity contribution in [1.82, 2.24) is 0 Å². The fourth-order valence-electron chi connectivity index (χ4n) is 3.21. The molecule has 0 fully saturated rings. The van der Waals surface area contributed by atoms with Gasteiger partial charge in [0.2, 0.25) is 12.4 Å². The van der Waals surface area contributed by atoms with Crippen LogP contribution in [-0.4, -0.2) is 44.2 Å². The lowest BCUT2D eigenvalue weighted by Gasteiger charge is -2.11. The number of amides is 1. The summed E-state index contributed by atoms with van der Waals surface area (Å²) in [6.45, 7) is 4.42. The van der Waals surface area contributed by atoms with Crippen LogP contribution < -0.4 is 20.3 Å². The predicted molar refractivity (Wildman–Crippen MR) is 149 cm³/mol. The Hall–Kier alpha value is -4.40. The molecule has 0 spiro atoms. The molecule has 0 atom stereocenters. The van der Waals surface area contributed by atoms with Crippen molar-refractivity contribution < 1.29 is 13.9 Å². The van der Waals surface area contributed by atoms with E-state index in [0.717, 1.165) is 24.1 Å². The van der Waals surface area contributed by atoms with Gasteiger partial charge in [0.25, 0.3) is 5.91 Å². The maximum Gasteiger partial charge on any atom is 0.278 e. The highest BCUT2D eigenvalue weighted by Gasteiger charge is 2.17. The number of nitrogens with zero attached hydrogens (tertiary/aromatic N) is 5. The zero-order chi connectivity index (χ0) is 26.6. The molecule has 0 saturated carbocycles. The number of benzene rings is 2. The summed E-state index contributed by atoms with van der Waals surface area (Å²) in [7, 11) is 3.98. The van der Waals surface area contributed by atoms with Gasteiger partial charge in [-0.1, -0.05) is 30.2 Å². The molecule has 9 heteroatoms. The molecule has 3 aromatic rings. The average molecular weight is 503 g/mol. The molecular formula is C28H33FN7O+. The van der Waals surface area contributed by atoms with Crippen LogP contribution in [0, 0.1) is 5.82 Å². The van der Waals surface area contributed by atoms with Crippen LogP contribution >= 0.6 is 0 Å². The molecule has 1 aromatic heterocycles. The van der Waals surface area contributed by atoms with Gasteiger partial charge in [-0.25, -0.2) is 4.39 Å². The van der Waals surface area contributed by atoms with E-state index in [1.165, 1.54) is 12.1 Å². The second-order valence-electron chi connectivity index (χ2n) is 8.56. The quantitative estimate of drug-likeness (QED) is 0.172. The monoisotopic (exact) mass is 502 g/mol. The maximum absolute atomic E-state index is 13.2. The molecule has 2 N–H and O–H groups in total. The van der Waals surface area contributed by atoms with E-state index >= 15 is 0 Å². The Labute approximate surface area is 217 Å². The molecule has 1 amide bonds. The highest BCUT2D eigenvalue weighted by Crippen LogP contribution is 2.11. The summed E-state index contributed by atoms with van der Waals surface area (Å²) in [5, 5.41) is 11.6. The van der Waals surface area contributed by atoms with Gasteiger partial charge in [0, 0.05) is 32.4 Å². The molecule has 0 aliphatic heterocycles. The minimum atomic E-state index is -0.423. The number of rotatable bonds is 11. The first-order valence-electron chi connectivity index (χ1n) is 12.1. The fraction of sp³-hybridized carbons (Fsp3) is 0.250. The van der Waals surface area contributed by atoms with Gasteiger partial charge in [0.15, 0.2) is 5.71 Å². The molecule has 0 radical (unpaired) electrons. The van der Waals surface area contributed by atoms with E-state index < -0.39 is 5.91 Å². The zero-order valence-electron chi connectivity index (χ0n) is 21.6. The number of nitrogens with one attached hydrogen (secondary N) is 2. The van der Waals surface area contributed by atoms with Gasteiger partial charge in [0.05, 0.1) is 11.4 Å². The number of halogens is 1. The summed E-state index contributed by atoms with van der Waals surface area (Å²) >= 11 is 0. The van der Waals surface area contributed by atoms with Gasteiger partial charge in [-0.3, -0.25) is 15.2 Å². The molecule has 0 aliphatic carbocycles. The molecule has 37 heavy (non-hydrogen) atoms. The summed E-state index contributed by atoms with van der Waals surface area (Å²) in [6.07, 6.45) is 7.13. The predicted octanol–water partition coefficient (Wildman–Crippen LogP) is 4.73. The van der Waals surface area contributed by atoms with E-state index in [1.54, 1.807) is 54.5 Å². The number of hydrazone groups is 1. The van der Waals surface area contributed by atoms with Crippen molar-refractivity contribution in [2.75, 3.05) is 36.3 Å². The largest absolute Gasteiger partial charge is 0.378 e. The van der Waals surface area contributed by atoms with E-state index in [0.29, 0.717) is 23.6 Å². The third kappa shape index (κ3) is 8.64. The zero-order valence-corrected chi connectivity index (χ0v) is 21.6. The summed E-state index contributed by atoms with van der Waals surface area (Å²) in [6, 6.07) is 17.3. The summed E-state index contributed by atoms with van der Waals surface area (Å²) in [5.74, 6) is -0.774. The van der Waals surface area contributed by atoms with Gasteiger partial charge in [-0.15, -0.1) is 0 Å². The van der Waals surface area contributed by atoms with Gasteiger partial charge in [-0.05, 0) is 66.5 Å². The van der Waals surface area contributed by atoms with Crippen molar-refractivity contribution in [3.8, 4) is 0 Å². The third-order valence-electron chi connectivity index (χ3n) is 5.35. The average Bonchev–Trinajstić information content (AvgIpc) is 2.89. The van der Waals surface area contributed by atoms with Crippen molar-refractivity contribution in [3.63, 3.8) is 0 Å². The van der Waals surface area contributed by atoms with E-state index in [4.69, 9.17) is 0 Å². The number of unbranched alkanes of at least 4 members (excludes halogenated alkanes) is 1. The highest BCUT2D eigenvalue weighted by atomic mass is 19.1. The molecule has 1 heterocycles. The molecule has 2 aromatic carbocycles. The highest BCUT2D eigenvalue weighted by molar-refractivity contribution is 6.68. The smallest absolute Gasteiger partial charge is 0.278 e. The second-order valence-corrected chi connectivity index (χ2v) is 8.56. The second kappa shape index (κ2) is 13.6. The minimum Gasteiger partial charge on any atom is -0.378 e. The van der Waals surface area contributed by atoms with E-state index in [2.05, 4.69) is 32.9 Å². The van der Waals surface area contributed by atoms with E-state index in [-0.39, 0.29) is 11.5 Å². The Morgan fingerprint density at radius 1 is 1.05 bits per heavy atom. The molecule has 0 unspecified atom stereocenters. The van der Waals surface area contributed by atoms with Crippen molar-refractivity contribution in [2.24, 2.45) is 15.2 Å². The summed E-state index contributed by atoms with van der Waals surface area (Å²) < 4.78 is 14.8. The number of pyridine rings is 1. The van der Waals surface area contributed by atoms with E-state index in [1.807, 2.05) is 43.3 Å². The van der Waals surface area contributed by atoms with Gasteiger partial charge in [0.1, 0.15) is 17.7 Å². The van der Waals surface area contributed by atoms with Crippen molar-refractivity contribution in [3.05, 3.63) is 84.4 Å². The maximum atomic E-state index is 13.2. The SMILES string of the molecule is CCCCN=C(C)C(=NNc1ccc(F)cc1)C(=O)Nc1ccc[n+](/N=C\c2ccc(N(C)C)cc2)c1. The Bertz CT molecular complexity index is 1270. The van der Waals surface area contributed by atoms with Crippen molar-refractivity contribution in [2.45, 2.75) is 26.7 Å². The van der Waals surface area contributed by atoms with Crippen LogP contribution in [0.1, 0.15) is 32.3 Å². The standard InChI is InChI=1S/C28H32FN7O/c1-5-6-17-30-21(2)27(34-33-24-13-11-23(29)12-14-24)28(37)32-25-8-7-18-36(20-25)31-19-22-9-15-26(16-10-22)35(3)4/h7-16,18-20H,5-6,17H2,1-4H3,(H-,30,32,33,37)/p+1/b31-19-. The van der Waals surface area contributed by atoms with Gasteiger partial charge >= 0.3 is 0 Å². The first kappa shape index (κ1) is 27.2. The molecule has 192 valence electrons. The number of carbonyl (C=O) groups is 1. The van der Waals surface area contributed by atoms with E-state index in [9.17, 15) is 9.18 Å². The number of aliphatic imine (C=N–C) groups is 1. The lowest BCUT2D eigenvalue weighted by Crippen LogP contribution is -2.32. The molecule has 8 nitrogen and oxygen atoms in total. The summed E-state index contributed by atoms with van der Waals surface area (Å²) in [4.78, 5) is 19.7. The van der Waals surface area contributed by atoms with Crippen LogP contribution in [0.5, 0.6) is 0 Å². The van der Waals surface area contributed by atoms with Crippen LogP contribution in [0.15, 0.2) is 88.3 Å². The Morgan fingerprint density at radius 3 is 2.46 bits per heavy atom. The first-order valence-corrected chi connectivity index (χ1v) is 12.1. The number of anilines is 3. The van der Waals surface area contributed by atoms with Crippen LogP contribution in [0.25, 0.3) is 0 Å². The lowest BCUT2D eigenvalue weighted by atomic mass is 10.2. The van der Waals surface area contributed by atoms with Crippen molar-refractivity contribution in [1.29, 1.82) is 0 Å². The van der Waals surface area contributed by atoms with Crippen LogP contribution in [0.2, 0.25) is 0 Å². The number of hydrogen-bond acceptors (Lipinski definition) is 6. The van der Waals surface area contributed by atoms with Crippen molar-refractivity contribution >= 4 is 40.6 Å². The van der Waals surface area contributed by atoms with Crippen LogP contribution in [-0.2, 0) is 4.79 Å². The molecule has 0 saturated heterocycles. The van der Waals surface area contributed by atoms with Crippen LogP contribution in [0.4, 0.5) is 21.5 Å². The number of carbonyl (C=O) groups excluding carboxylic acids is 1. The molecule has 0 bridgehead atoms. The molecule has 3 rings (SSSR count). The Morgan fingerprint density at radius 2 is 1.78 bits per heavy atom. The lowest BCUT2D eigenvalue weighted by molar-refractivity contribution is -0.677. The first-order chi connectivity index (χ1) is 17.9. The van der Waals surface area contributed by atoms with Gasteiger partial charge in [-0.2, -0.15) is 5.10 Å². The Balaban J connectivity index is 1.76. The topological polar surface area (TPSA) is 85.3 Å². The fourth-order valence-corrected chi connectivity index (χ4v) is 3.21. The number of aromatic nitrogens is 1. The molecule has 0 aliphatic rings. The van der Waals surface area contributed by atoms with Gasteiger partial charge < -0.3 is 10.2 Å². The third-order valence-corrected chi connectivity index (χ3v) is 5.35. The normalized spacial score (nSPS) is 12.0. The Kier molecular flexibility index (Phi) is 10.0. The molecular weight excluding hydrogens is 469 g/mol. The summed E-state index contributed by atoms with van der Waals surface area (Å²) in [5.41, 5.74) is 6.62.